The molecule has 0 fully saturated rings. The highest BCUT2D eigenvalue weighted by molar-refractivity contribution is 9.10. The van der Waals surface area contributed by atoms with Crippen LogP contribution in [0.15, 0.2) is 53.5 Å². The van der Waals surface area contributed by atoms with Crippen molar-refractivity contribution in [3.8, 4) is 0 Å². The Morgan fingerprint density at radius 1 is 1.19 bits per heavy atom. The Bertz CT molecular complexity index is 1110. The average Bonchev–Trinajstić information content (AvgIpc) is 3.22. The second kappa shape index (κ2) is 6.85. The lowest BCUT2D eigenvalue weighted by Gasteiger charge is -2.03. The number of hydrogen-bond donors (Lipinski definition) is 1. The standard InChI is InChI=1S/C16H11BrClN7O/c17-12-13(22-25-7-3-6-19-14(12)25)15(26)21-16-20-9-24(23-16)8-10-4-1-2-5-11(10)18/h1-7,9H,8H2,(H,21,23,26). The van der Waals surface area contributed by atoms with Gasteiger partial charge in [-0.3, -0.25) is 10.1 Å². The fraction of sp³-hybridized carbons (Fsp3) is 0.0625. The third kappa shape index (κ3) is 3.18. The largest absolute Gasteiger partial charge is 0.288 e. The molecule has 26 heavy (non-hydrogen) atoms. The highest BCUT2D eigenvalue weighted by Crippen LogP contribution is 2.21. The molecule has 3 aromatic heterocycles. The maximum absolute atomic E-state index is 12.5. The molecule has 1 N–H and O–H groups in total. The number of benzene rings is 1. The van der Waals surface area contributed by atoms with E-state index in [9.17, 15) is 4.79 Å². The van der Waals surface area contributed by atoms with Gasteiger partial charge in [-0.2, -0.15) is 5.10 Å². The van der Waals surface area contributed by atoms with E-state index in [0.717, 1.165) is 5.56 Å². The predicted molar refractivity (Wildman–Crippen MR) is 99.2 cm³/mol. The minimum atomic E-state index is -0.433. The fourth-order valence-electron chi connectivity index (χ4n) is 2.39. The SMILES string of the molecule is O=C(Nc1ncn(Cc2ccccc2Cl)n1)c1nn2cccnc2c1Br. The maximum Gasteiger partial charge on any atom is 0.279 e. The van der Waals surface area contributed by atoms with Gasteiger partial charge in [0, 0.05) is 17.4 Å². The van der Waals surface area contributed by atoms with Gasteiger partial charge in [0.1, 0.15) is 6.33 Å². The molecule has 0 aliphatic heterocycles. The third-order valence-electron chi connectivity index (χ3n) is 3.61. The van der Waals surface area contributed by atoms with Crippen LogP contribution in [0.3, 0.4) is 0 Å². The van der Waals surface area contributed by atoms with Crippen LogP contribution >= 0.6 is 27.5 Å². The molecule has 0 bridgehead atoms. The molecule has 3 heterocycles. The van der Waals surface area contributed by atoms with Crippen molar-refractivity contribution in [1.82, 2.24) is 29.4 Å². The van der Waals surface area contributed by atoms with Crippen molar-refractivity contribution >= 4 is 45.0 Å². The van der Waals surface area contributed by atoms with Crippen molar-refractivity contribution in [3.05, 3.63) is 69.8 Å². The summed E-state index contributed by atoms with van der Waals surface area (Å²) in [6.07, 6.45) is 4.86. The van der Waals surface area contributed by atoms with Crippen LogP contribution in [0.2, 0.25) is 5.02 Å². The second-order valence-electron chi connectivity index (χ2n) is 5.36. The lowest BCUT2D eigenvalue weighted by Crippen LogP contribution is -2.14. The van der Waals surface area contributed by atoms with Crippen molar-refractivity contribution in [3.63, 3.8) is 0 Å². The summed E-state index contributed by atoms with van der Waals surface area (Å²) in [5.41, 5.74) is 1.66. The molecule has 1 aromatic carbocycles. The molecule has 0 aliphatic rings. The first-order valence-corrected chi connectivity index (χ1v) is 8.72. The first-order chi connectivity index (χ1) is 12.6. The number of carbonyl (C=O) groups excluding carboxylic acids is 1. The number of aromatic nitrogens is 6. The second-order valence-corrected chi connectivity index (χ2v) is 6.56. The van der Waals surface area contributed by atoms with Crippen LogP contribution in [0.5, 0.6) is 0 Å². The minimum absolute atomic E-state index is 0.180. The van der Waals surface area contributed by atoms with Gasteiger partial charge in [0.05, 0.1) is 11.0 Å². The maximum atomic E-state index is 12.5. The van der Waals surface area contributed by atoms with E-state index < -0.39 is 5.91 Å². The predicted octanol–water partition coefficient (Wildman–Crippen LogP) is 3.04. The Kier molecular flexibility index (Phi) is 4.39. The quantitative estimate of drug-likeness (QED) is 0.535. The van der Waals surface area contributed by atoms with Crippen LogP contribution in [0.25, 0.3) is 5.65 Å². The molecule has 8 nitrogen and oxygen atoms in total. The minimum Gasteiger partial charge on any atom is -0.288 e. The number of hydrogen-bond acceptors (Lipinski definition) is 5. The molecule has 1 amide bonds. The molecule has 0 atom stereocenters. The average molecular weight is 433 g/mol. The summed E-state index contributed by atoms with van der Waals surface area (Å²) in [6.45, 7) is 0.449. The third-order valence-corrected chi connectivity index (χ3v) is 4.71. The number of rotatable bonds is 4. The highest BCUT2D eigenvalue weighted by atomic mass is 79.9. The number of fused-ring (bicyclic) bond motifs is 1. The zero-order valence-corrected chi connectivity index (χ0v) is 15.5. The first kappa shape index (κ1) is 16.7. The zero-order chi connectivity index (χ0) is 18.1. The molecular weight excluding hydrogens is 422 g/mol. The van der Waals surface area contributed by atoms with Crippen molar-refractivity contribution in [2.24, 2.45) is 0 Å². The van der Waals surface area contributed by atoms with E-state index in [1.165, 1.54) is 10.8 Å². The van der Waals surface area contributed by atoms with Crippen LogP contribution in [-0.2, 0) is 6.54 Å². The Morgan fingerprint density at radius 3 is 2.85 bits per heavy atom. The summed E-state index contributed by atoms with van der Waals surface area (Å²) in [5.74, 6) is -0.253. The van der Waals surface area contributed by atoms with Crippen LogP contribution in [0.4, 0.5) is 5.95 Å². The van der Waals surface area contributed by atoms with Crippen molar-refractivity contribution in [1.29, 1.82) is 0 Å². The zero-order valence-electron chi connectivity index (χ0n) is 13.2. The van der Waals surface area contributed by atoms with Gasteiger partial charge in [-0.05, 0) is 33.6 Å². The van der Waals surface area contributed by atoms with Gasteiger partial charge >= 0.3 is 0 Å². The fourth-order valence-corrected chi connectivity index (χ4v) is 3.13. The summed E-state index contributed by atoms with van der Waals surface area (Å²) in [5, 5.41) is 11.7. The molecule has 0 radical (unpaired) electrons. The summed E-state index contributed by atoms with van der Waals surface area (Å²) >= 11 is 9.50. The van der Waals surface area contributed by atoms with E-state index in [1.54, 1.807) is 23.1 Å². The van der Waals surface area contributed by atoms with E-state index >= 15 is 0 Å². The van der Waals surface area contributed by atoms with E-state index in [0.29, 0.717) is 21.7 Å². The van der Waals surface area contributed by atoms with Crippen LogP contribution in [-0.4, -0.2) is 35.3 Å². The molecule has 0 saturated carbocycles. The molecule has 0 unspecified atom stereocenters. The van der Waals surface area contributed by atoms with Gasteiger partial charge in [0.15, 0.2) is 11.3 Å². The molecule has 0 saturated heterocycles. The Labute approximate surface area is 161 Å². The summed E-state index contributed by atoms with van der Waals surface area (Å²) in [6, 6.07) is 9.21. The summed E-state index contributed by atoms with van der Waals surface area (Å²) in [7, 11) is 0. The van der Waals surface area contributed by atoms with Crippen molar-refractivity contribution in [2.45, 2.75) is 6.54 Å². The van der Waals surface area contributed by atoms with Crippen molar-refractivity contribution < 1.29 is 4.79 Å². The van der Waals surface area contributed by atoms with E-state index in [4.69, 9.17) is 11.6 Å². The Hall–Kier alpha value is -2.78. The molecule has 10 heteroatoms. The number of anilines is 1. The molecule has 130 valence electrons. The Balaban J connectivity index is 1.52. The van der Waals surface area contributed by atoms with Gasteiger partial charge in [-0.15, -0.1) is 5.10 Å². The lowest BCUT2D eigenvalue weighted by molar-refractivity contribution is 0.102. The number of nitrogens with zero attached hydrogens (tertiary/aromatic N) is 6. The summed E-state index contributed by atoms with van der Waals surface area (Å²) < 4.78 is 3.62. The molecule has 4 rings (SSSR count). The normalized spacial score (nSPS) is 11.0. The monoisotopic (exact) mass is 431 g/mol. The highest BCUT2D eigenvalue weighted by Gasteiger charge is 2.19. The Morgan fingerprint density at radius 2 is 2.04 bits per heavy atom. The number of amides is 1. The summed E-state index contributed by atoms with van der Waals surface area (Å²) in [4.78, 5) is 20.7. The van der Waals surface area contributed by atoms with Crippen LogP contribution < -0.4 is 5.32 Å². The van der Waals surface area contributed by atoms with E-state index in [-0.39, 0.29) is 11.6 Å². The van der Waals surface area contributed by atoms with Gasteiger partial charge in [0.2, 0.25) is 5.95 Å². The topological polar surface area (TPSA) is 90.0 Å². The smallest absolute Gasteiger partial charge is 0.279 e. The molecule has 4 aromatic rings. The van der Waals surface area contributed by atoms with Crippen LogP contribution in [0, 0.1) is 0 Å². The van der Waals surface area contributed by atoms with Gasteiger partial charge in [-0.25, -0.2) is 19.2 Å². The molecule has 0 spiro atoms. The molecular formula is C16H11BrClN7O. The van der Waals surface area contributed by atoms with Crippen LogP contribution in [0.1, 0.15) is 16.1 Å². The number of halogens is 2. The number of nitrogens with one attached hydrogen (secondary N) is 1. The van der Waals surface area contributed by atoms with Gasteiger partial charge < -0.3 is 0 Å². The lowest BCUT2D eigenvalue weighted by atomic mass is 10.2. The van der Waals surface area contributed by atoms with Gasteiger partial charge in [-0.1, -0.05) is 29.8 Å². The number of carbonyl (C=O) groups is 1. The van der Waals surface area contributed by atoms with E-state index in [1.807, 2.05) is 24.3 Å². The van der Waals surface area contributed by atoms with Crippen molar-refractivity contribution in [2.75, 3.05) is 5.32 Å². The van der Waals surface area contributed by atoms with Gasteiger partial charge in [0.25, 0.3) is 5.91 Å². The van der Waals surface area contributed by atoms with E-state index in [2.05, 4.69) is 41.4 Å². The first-order valence-electron chi connectivity index (χ1n) is 7.55. The molecule has 0 aliphatic carbocycles.